The molecule has 1 heterocycles. The third-order valence-electron chi connectivity index (χ3n) is 4.93. The van der Waals surface area contributed by atoms with E-state index in [1.807, 2.05) is 38.1 Å². The van der Waals surface area contributed by atoms with E-state index < -0.39 is 18.0 Å². The Balaban J connectivity index is 1.56. The number of carbonyl (C=O) groups is 3. The zero-order valence-electron chi connectivity index (χ0n) is 17.4. The van der Waals surface area contributed by atoms with Crippen LogP contribution >= 0.6 is 0 Å². The number of hydrogen-bond acceptors (Lipinski definition) is 5. The Kier molecular flexibility index (Phi) is 6.72. The molecular weight excluding hydrogens is 384 g/mol. The van der Waals surface area contributed by atoms with Gasteiger partial charge in [-0.1, -0.05) is 30.3 Å². The van der Waals surface area contributed by atoms with Gasteiger partial charge in [0, 0.05) is 11.7 Å². The number of para-hydroxylation sites is 2. The molecule has 0 saturated carbocycles. The molecule has 1 aliphatic heterocycles. The number of carbonyl (C=O) groups excluding carboxylic acids is 3. The first-order valence-electron chi connectivity index (χ1n) is 10.0. The van der Waals surface area contributed by atoms with E-state index in [4.69, 9.17) is 9.47 Å². The summed E-state index contributed by atoms with van der Waals surface area (Å²) < 4.78 is 10.7. The summed E-state index contributed by atoms with van der Waals surface area (Å²) in [6, 6.07) is 14.5. The van der Waals surface area contributed by atoms with E-state index >= 15 is 0 Å². The average molecular weight is 410 g/mol. The Hall–Kier alpha value is -3.35. The van der Waals surface area contributed by atoms with Gasteiger partial charge in [0.1, 0.15) is 12.3 Å². The second-order valence-corrected chi connectivity index (χ2v) is 7.13. The number of benzene rings is 2. The largest absolute Gasteiger partial charge is 0.493 e. The van der Waals surface area contributed by atoms with Gasteiger partial charge in [0.05, 0.1) is 12.2 Å². The highest BCUT2D eigenvalue weighted by Gasteiger charge is 2.34. The lowest BCUT2D eigenvalue weighted by atomic mass is 10.1. The maximum atomic E-state index is 12.9. The highest BCUT2D eigenvalue weighted by molar-refractivity contribution is 6.00. The summed E-state index contributed by atoms with van der Waals surface area (Å²) in [5.74, 6) is -0.972. The molecule has 0 spiro atoms. The number of esters is 1. The Morgan fingerprint density at radius 3 is 2.60 bits per heavy atom. The Labute approximate surface area is 176 Å². The molecule has 3 rings (SSSR count). The van der Waals surface area contributed by atoms with Gasteiger partial charge >= 0.3 is 5.97 Å². The summed E-state index contributed by atoms with van der Waals surface area (Å²) in [5.41, 5.74) is 2.27. The van der Waals surface area contributed by atoms with Gasteiger partial charge in [0.25, 0.3) is 11.8 Å². The zero-order chi connectivity index (χ0) is 21.7. The first-order chi connectivity index (χ1) is 14.4. The molecule has 30 heavy (non-hydrogen) atoms. The minimum atomic E-state index is -0.960. The van der Waals surface area contributed by atoms with Crippen molar-refractivity contribution < 1.29 is 23.9 Å². The van der Waals surface area contributed by atoms with Crippen LogP contribution in [0.1, 0.15) is 36.7 Å². The topological polar surface area (TPSA) is 84.9 Å². The molecule has 2 amide bonds. The molecule has 2 aromatic rings. The van der Waals surface area contributed by atoms with E-state index in [0.29, 0.717) is 17.9 Å². The van der Waals surface area contributed by atoms with Crippen molar-refractivity contribution in [1.29, 1.82) is 0 Å². The van der Waals surface area contributed by atoms with Gasteiger partial charge in [0.2, 0.25) is 0 Å². The van der Waals surface area contributed by atoms with Crippen molar-refractivity contribution in [3.05, 3.63) is 59.7 Å². The van der Waals surface area contributed by atoms with Crippen LogP contribution < -0.4 is 15.0 Å². The van der Waals surface area contributed by atoms with Gasteiger partial charge in [-0.25, -0.2) is 0 Å². The molecule has 7 nitrogen and oxygen atoms in total. The van der Waals surface area contributed by atoms with Gasteiger partial charge in [-0.3, -0.25) is 14.4 Å². The number of anilines is 1. The van der Waals surface area contributed by atoms with Crippen LogP contribution in [0, 0.1) is 0 Å². The maximum Gasteiger partial charge on any atom is 0.326 e. The van der Waals surface area contributed by atoms with Crippen LogP contribution in [0.3, 0.4) is 0 Å². The van der Waals surface area contributed by atoms with Crippen LogP contribution in [0.15, 0.2) is 48.5 Å². The zero-order valence-corrected chi connectivity index (χ0v) is 17.4. The second kappa shape index (κ2) is 9.43. The van der Waals surface area contributed by atoms with Crippen molar-refractivity contribution in [1.82, 2.24) is 5.32 Å². The Morgan fingerprint density at radius 1 is 1.13 bits per heavy atom. The Bertz CT molecular complexity index is 943. The molecule has 158 valence electrons. The normalized spacial score (nSPS) is 15.8. The lowest BCUT2D eigenvalue weighted by Crippen LogP contribution is -2.44. The summed E-state index contributed by atoms with van der Waals surface area (Å²) in [6.45, 7) is 5.40. The SMILES string of the molecule is CCOc1ccccc1C(=O)NCC(=O)O[C@H](C)C(=O)N1c2ccccc2C[C@H]1C. The fraction of sp³-hybridized carbons (Fsp3) is 0.348. The van der Waals surface area contributed by atoms with E-state index in [0.717, 1.165) is 17.7 Å². The number of fused-ring (bicyclic) bond motifs is 1. The first kappa shape index (κ1) is 21.4. The molecule has 0 radical (unpaired) electrons. The van der Waals surface area contributed by atoms with Gasteiger partial charge in [-0.05, 0) is 51.0 Å². The first-order valence-corrected chi connectivity index (χ1v) is 10.0. The molecule has 0 aliphatic carbocycles. The van der Waals surface area contributed by atoms with Crippen molar-refractivity contribution >= 4 is 23.5 Å². The summed E-state index contributed by atoms with van der Waals surface area (Å²) in [7, 11) is 0. The van der Waals surface area contributed by atoms with Crippen LogP contribution in [0.2, 0.25) is 0 Å². The fourth-order valence-electron chi connectivity index (χ4n) is 3.57. The standard InChI is InChI=1S/C23H26N2O5/c1-4-29-20-12-8-6-10-18(20)22(27)24-14-21(26)30-16(3)23(28)25-15(2)13-17-9-5-7-11-19(17)25/h5-12,15-16H,4,13-14H2,1-3H3,(H,24,27)/t15-,16-/m1/s1. The van der Waals surface area contributed by atoms with Crippen molar-refractivity contribution in [3.8, 4) is 5.75 Å². The monoisotopic (exact) mass is 410 g/mol. The molecule has 0 fully saturated rings. The van der Waals surface area contributed by atoms with E-state index in [1.54, 1.807) is 36.1 Å². The average Bonchev–Trinajstić information content (AvgIpc) is 3.07. The summed E-state index contributed by atoms with van der Waals surface area (Å²) in [4.78, 5) is 39.1. The number of ether oxygens (including phenoxy) is 2. The molecule has 2 atom stereocenters. The Morgan fingerprint density at radius 2 is 1.83 bits per heavy atom. The van der Waals surface area contributed by atoms with Crippen molar-refractivity contribution in [2.24, 2.45) is 0 Å². The third-order valence-corrected chi connectivity index (χ3v) is 4.93. The maximum absolute atomic E-state index is 12.9. The summed E-state index contributed by atoms with van der Waals surface area (Å²) >= 11 is 0. The molecule has 0 unspecified atom stereocenters. The van der Waals surface area contributed by atoms with Gasteiger partial charge in [-0.2, -0.15) is 0 Å². The lowest BCUT2D eigenvalue weighted by Gasteiger charge is -2.26. The van der Waals surface area contributed by atoms with Crippen molar-refractivity contribution in [2.45, 2.75) is 39.3 Å². The van der Waals surface area contributed by atoms with E-state index in [-0.39, 0.29) is 18.5 Å². The molecule has 1 aliphatic rings. The molecule has 0 aromatic heterocycles. The third kappa shape index (κ3) is 4.62. The number of rotatable bonds is 7. The van der Waals surface area contributed by atoms with Crippen LogP contribution in [-0.2, 0) is 20.7 Å². The minimum absolute atomic E-state index is 0.00850. The quantitative estimate of drug-likeness (QED) is 0.710. The van der Waals surface area contributed by atoms with Crippen LogP contribution in [0.25, 0.3) is 0 Å². The van der Waals surface area contributed by atoms with E-state index in [9.17, 15) is 14.4 Å². The number of hydrogen-bond donors (Lipinski definition) is 1. The molecule has 7 heteroatoms. The molecule has 2 aromatic carbocycles. The fourth-order valence-corrected chi connectivity index (χ4v) is 3.57. The smallest absolute Gasteiger partial charge is 0.326 e. The van der Waals surface area contributed by atoms with E-state index in [2.05, 4.69) is 5.32 Å². The van der Waals surface area contributed by atoms with Crippen LogP contribution in [-0.4, -0.2) is 43.1 Å². The highest BCUT2D eigenvalue weighted by atomic mass is 16.5. The minimum Gasteiger partial charge on any atom is -0.493 e. The van der Waals surface area contributed by atoms with Crippen LogP contribution in [0.4, 0.5) is 5.69 Å². The number of nitrogens with one attached hydrogen (secondary N) is 1. The predicted octanol–water partition coefficient (Wildman–Crippen LogP) is 2.72. The van der Waals surface area contributed by atoms with Crippen molar-refractivity contribution in [3.63, 3.8) is 0 Å². The number of nitrogens with zero attached hydrogens (tertiary/aromatic N) is 1. The molecule has 0 saturated heterocycles. The molecular formula is C23H26N2O5. The predicted molar refractivity (Wildman–Crippen MR) is 113 cm³/mol. The highest BCUT2D eigenvalue weighted by Crippen LogP contribution is 2.32. The lowest BCUT2D eigenvalue weighted by molar-refractivity contribution is -0.152. The summed E-state index contributed by atoms with van der Waals surface area (Å²) in [6.07, 6.45) is -0.198. The summed E-state index contributed by atoms with van der Waals surface area (Å²) in [5, 5.41) is 2.52. The van der Waals surface area contributed by atoms with Gasteiger partial charge in [-0.15, -0.1) is 0 Å². The van der Waals surface area contributed by atoms with Gasteiger partial charge < -0.3 is 19.7 Å². The molecule has 1 N–H and O–H groups in total. The van der Waals surface area contributed by atoms with Gasteiger partial charge in [0.15, 0.2) is 6.10 Å². The number of amides is 2. The van der Waals surface area contributed by atoms with Crippen molar-refractivity contribution in [2.75, 3.05) is 18.1 Å². The second-order valence-electron chi connectivity index (χ2n) is 7.13. The van der Waals surface area contributed by atoms with Crippen LogP contribution in [0.5, 0.6) is 5.75 Å². The molecule has 0 bridgehead atoms. The van der Waals surface area contributed by atoms with E-state index in [1.165, 1.54) is 0 Å².